The summed E-state index contributed by atoms with van der Waals surface area (Å²) in [4.78, 5) is 5.41. The molecule has 0 amide bonds. The number of nitrogens with two attached hydrogens (primary N) is 1. The molecule has 0 saturated heterocycles. The van der Waals surface area contributed by atoms with Crippen LogP contribution in [-0.2, 0) is 17.9 Å². The number of halogens is 1. The van der Waals surface area contributed by atoms with Crippen molar-refractivity contribution in [2.75, 3.05) is 7.11 Å². The van der Waals surface area contributed by atoms with Gasteiger partial charge in [-0.15, -0.1) is 11.3 Å². The van der Waals surface area contributed by atoms with Gasteiger partial charge >= 0.3 is 0 Å². The smallest absolute Gasteiger partial charge is 0.124 e. The Morgan fingerprint density at radius 1 is 1.47 bits per heavy atom. The Hall–Kier alpha value is -1.30. The van der Waals surface area contributed by atoms with Crippen molar-refractivity contribution in [3.63, 3.8) is 0 Å². The average Bonchev–Trinajstić information content (AvgIpc) is 2.73. The molecule has 0 bridgehead atoms. The number of methoxy groups -OCH3 is 1. The van der Waals surface area contributed by atoms with Gasteiger partial charge in [0.1, 0.15) is 10.8 Å². The minimum atomic E-state index is -0.264. The normalized spacial score (nSPS) is 10.8. The quantitative estimate of drug-likeness (QED) is 0.909. The minimum Gasteiger partial charge on any atom is -0.378 e. The summed E-state index contributed by atoms with van der Waals surface area (Å²) in [5.41, 5.74) is 7.25. The van der Waals surface area contributed by atoms with Gasteiger partial charge in [-0.05, 0) is 12.1 Å². The van der Waals surface area contributed by atoms with Crippen LogP contribution in [0.1, 0.15) is 10.6 Å². The summed E-state index contributed by atoms with van der Waals surface area (Å²) in [5, 5.41) is 0.775. The Bertz CT molecular complexity index is 513. The summed E-state index contributed by atoms with van der Waals surface area (Å²) in [6.45, 7) is 0.851. The van der Waals surface area contributed by atoms with Gasteiger partial charge < -0.3 is 10.5 Å². The first-order valence-corrected chi connectivity index (χ1v) is 5.99. The van der Waals surface area contributed by atoms with Crippen LogP contribution in [0.2, 0.25) is 0 Å². The van der Waals surface area contributed by atoms with Crippen LogP contribution in [0.3, 0.4) is 0 Å². The monoisotopic (exact) mass is 252 g/mol. The number of hydrogen-bond acceptors (Lipinski definition) is 4. The van der Waals surface area contributed by atoms with Crippen molar-refractivity contribution in [2.24, 2.45) is 5.73 Å². The molecule has 3 nitrogen and oxygen atoms in total. The summed E-state index contributed by atoms with van der Waals surface area (Å²) in [6.07, 6.45) is 0. The van der Waals surface area contributed by atoms with Gasteiger partial charge in [0, 0.05) is 24.1 Å². The van der Waals surface area contributed by atoms with E-state index in [4.69, 9.17) is 10.5 Å². The van der Waals surface area contributed by atoms with E-state index in [9.17, 15) is 4.39 Å². The Labute approximate surface area is 103 Å². The maximum atomic E-state index is 13.1. The number of hydrogen-bond donors (Lipinski definition) is 1. The minimum absolute atomic E-state index is 0.264. The van der Waals surface area contributed by atoms with Gasteiger partial charge in [0.25, 0.3) is 0 Å². The first-order valence-electron chi connectivity index (χ1n) is 5.18. The number of rotatable bonds is 4. The van der Waals surface area contributed by atoms with Crippen molar-refractivity contribution in [1.29, 1.82) is 0 Å². The number of aromatic nitrogens is 1. The lowest BCUT2D eigenvalue weighted by atomic mass is 10.2. The molecule has 0 aliphatic rings. The SMILES string of the molecule is COCc1nc(-c2cccc(F)c2)sc1CN. The summed E-state index contributed by atoms with van der Waals surface area (Å²) in [6, 6.07) is 6.38. The van der Waals surface area contributed by atoms with Gasteiger partial charge in [-0.2, -0.15) is 0 Å². The third-order valence-corrected chi connectivity index (χ3v) is 3.49. The molecular formula is C12H13FN2OS. The molecule has 5 heteroatoms. The fourth-order valence-electron chi connectivity index (χ4n) is 1.54. The van der Waals surface area contributed by atoms with Crippen LogP contribution in [0.5, 0.6) is 0 Å². The van der Waals surface area contributed by atoms with E-state index >= 15 is 0 Å². The molecule has 0 aliphatic heterocycles. The van der Waals surface area contributed by atoms with Gasteiger partial charge in [0.15, 0.2) is 0 Å². The number of benzene rings is 1. The van der Waals surface area contributed by atoms with E-state index in [2.05, 4.69) is 4.98 Å². The molecule has 0 fully saturated rings. The molecule has 2 rings (SSSR count). The van der Waals surface area contributed by atoms with Gasteiger partial charge in [0.2, 0.25) is 0 Å². The van der Waals surface area contributed by atoms with Crippen molar-refractivity contribution >= 4 is 11.3 Å². The van der Waals surface area contributed by atoms with Crippen molar-refractivity contribution in [3.8, 4) is 10.6 Å². The van der Waals surface area contributed by atoms with Crippen LogP contribution in [0.25, 0.3) is 10.6 Å². The summed E-state index contributed by atoms with van der Waals surface area (Å²) < 4.78 is 18.2. The molecule has 0 unspecified atom stereocenters. The lowest BCUT2D eigenvalue weighted by Crippen LogP contribution is -1.99. The standard InChI is InChI=1S/C12H13FN2OS/c1-16-7-10-11(6-14)17-12(15-10)8-3-2-4-9(13)5-8/h2-5H,6-7,14H2,1H3. The summed E-state index contributed by atoms with van der Waals surface area (Å²) >= 11 is 1.48. The predicted molar refractivity (Wildman–Crippen MR) is 66.1 cm³/mol. The molecule has 2 N–H and O–H groups in total. The van der Waals surface area contributed by atoms with Crippen LogP contribution in [0.4, 0.5) is 4.39 Å². The highest BCUT2D eigenvalue weighted by Crippen LogP contribution is 2.28. The van der Waals surface area contributed by atoms with E-state index in [0.717, 1.165) is 21.1 Å². The maximum absolute atomic E-state index is 13.1. The van der Waals surface area contributed by atoms with Gasteiger partial charge in [-0.3, -0.25) is 0 Å². The molecule has 90 valence electrons. The van der Waals surface area contributed by atoms with Gasteiger partial charge in [-0.1, -0.05) is 12.1 Å². The highest BCUT2D eigenvalue weighted by molar-refractivity contribution is 7.15. The first-order chi connectivity index (χ1) is 8.24. The number of nitrogens with zero attached hydrogens (tertiary/aromatic N) is 1. The Kier molecular flexibility index (Phi) is 3.83. The van der Waals surface area contributed by atoms with Crippen molar-refractivity contribution in [2.45, 2.75) is 13.2 Å². The van der Waals surface area contributed by atoms with Crippen LogP contribution >= 0.6 is 11.3 Å². The highest BCUT2D eigenvalue weighted by Gasteiger charge is 2.11. The Morgan fingerprint density at radius 3 is 2.94 bits per heavy atom. The second-order valence-electron chi connectivity index (χ2n) is 3.54. The zero-order valence-electron chi connectivity index (χ0n) is 9.44. The molecule has 17 heavy (non-hydrogen) atoms. The van der Waals surface area contributed by atoms with Crippen LogP contribution < -0.4 is 5.73 Å². The molecular weight excluding hydrogens is 239 g/mol. The summed E-state index contributed by atoms with van der Waals surface area (Å²) in [7, 11) is 1.61. The maximum Gasteiger partial charge on any atom is 0.124 e. The Balaban J connectivity index is 2.39. The Morgan fingerprint density at radius 2 is 2.29 bits per heavy atom. The lowest BCUT2D eigenvalue weighted by Gasteiger charge is -1.96. The van der Waals surface area contributed by atoms with Crippen molar-refractivity contribution in [3.05, 3.63) is 40.7 Å². The first kappa shape index (κ1) is 12.2. The van der Waals surface area contributed by atoms with E-state index in [-0.39, 0.29) is 5.82 Å². The van der Waals surface area contributed by atoms with E-state index in [1.165, 1.54) is 23.5 Å². The largest absolute Gasteiger partial charge is 0.378 e. The van der Waals surface area contributed by atoms with E-state index in [0.29, 0.717) is 13.2 Å². The fourth-order valence-corrected chi connectivity index (χ4v) is 2.48. The molecule has 0 aliphatic carbocycles. The van der Waals surface area contributed by atoms with E-state index in [1.54, 1.807) is 13.2 Å². The second-order valence-corrected chi connectivity index (χ2v) is 4.62. The molecule has 2 aromatic rings. The second kappa shape index (κ2) is 5.35. The lowest BCUT2D eigenvalue weighted by molar-refractivity contribution is 0.181. The molecule has 0 spiro atoms. The van der Waals surface area contributed by atoms with Crippen LogP contribution in [0, 0.1) is 5.82 Å². The van der Waals surface area contributed by atoms with E-state index < -0.39 is 0 Å². The van der Waals surface area contributed by atoms with Crippen LogP contribution in [-0.4, -0.2) is 12.1 Å². The van der Waals surface area contributed by atoms with Crippen molar-refractivity contribution < 1.29 is 9.13 Å². The molecule has 1 aromatic heterocycles. The zero-order valence-corrected chi connectivity index (χ0v) is 10.3. The molecule has 0 atom stereocenters. The average molecular weight is 252 g/mol. The van der Waals surface area contributed by atoms with Gasteiger partial charge in [-0.25, -0.2) is 9.37 Å². The zero-order chi connectivity index (χ0) is 12.3. The van der Waals surface area contributed by atoms with Crippen LogP contribution in [0.15, 0.2) is 24.3 Å². The molecule has 1 heterocycles. The topological polar surface area (TPSA) is 48.1 Å². The van der Waals surface area contributed by atoms with E-state index in [1.807, 2.05) is 6.07 Å². The summed E-state index contributed by atoms with van der Waals surface area (Å²) in [5.74, 6) is -0.264. The highest BCUT2D eigenvalue weighted by atomic mass is 32.1. The number of thiazole rings is 1. The third-order valence-electron chi connectivity index (χ3n) is 2.32. The third kappa shape index (κ3) is 2.69. The molecule has 0 saturated carbocycles. The molecule has 1 aromatic carbocycles. The van der Waals surface area contributed by atoms with Crippen molar-refractivity contribution in [1.82, 2.24) is 4.98 Å². The predicted octanol–water partition coefficient (Wildman–Crippen LogP) is 2.55. The van der Waals surface area contributed by atoms with Gasteiger partial charge in [0.05, 0.1) is 12.3 Å². The fraction of sp³-hybridized carbons (Fsp3) is 0.250. The molecule has 0 radical (unpaired) electrons. The number of ether oxygens (including phenoxy) is 1.